The van der Waals surface area contributed by atoms with Crippen LogP contribution >= 0.6 is 0 Å². The number of aromatic nitrogens is 4. The molecule has 7 heteroatoms. The van der Waals surface area contributed by atoms with Crippen LogP contribution in [0.2, 0.25) is 0 Å². The van der Waals surface area contributed by atoms with E-state index in [2.05, 4.69) is 20.0 Å². The van der Waals surface area contributed by atoms with Crippen LogP contribution in [-0.4, -0.2) is 46.4 Å². The maximum Gasteiger partial charge on any atom is 0.266 e. The van der Waals surface area contributed by atoms with Gasteiger partial charge in [-0.1, -0.05) is 0 Å². The van der Waals surface area contributed by atoms with Gasteiger partial charge in [0.1, 0.15) is 5.82 Å². The van der Waals surface area contributed by atoms with E-state index < -0.39 is 0 Å². The average Bonchev–Trinajstić information content (AvgIpc) is 3.36. The van der Waals surface area contributed by atoms with E-state index in [-0.39, 0.29) is 11.6 Å². The quantitative estimate of drug-likeness (QED) is 0.824. The van der Waals surface area contributed by atoms with Crippen LogP contribution < -0.4 is 15.4 Å². The first-order valence-electron chi connectivity index (χ1n) is 8.97. The van der Waals surface area contributed by atoms with Crippen LogP contribution in [-0.2, 0) is 6.54 Å². The van der Waals surface area contributed by atoms with Crippen molar-refractivity contribution in [2.45, 2.75) is 44.2 Å². The summed E-state index contributed by atoms with van der Waals surface area (Å²) in [5.74, 6) is 2.17. The second-order valence-corrected chi connectivity index (χ2v) is 7.15. The summed E-state index contributed by atoms with van der Waals surface area (Å²) in [6.45, 7) is 1.51. The molecule has 2 fully saturated rings. The predicted octanol–water partition coefficient (Wildman–Crippen LogP) is 1.65. The highest BCUT2D eigenvalue weighted by Crippen LogP contribution is 2.38. The fourth-order valence-electron chi connectivity index (χ4n) is 3.41. The Kier molecular flexibility index (Phi) is 4.15. The smallest absolute Gasteiger partial charge is 0.266 e. The Morgan fingerprint density at radius 3 is 2.80 bits per heavy atom. The number of hydrogen-bond donors (Lipinski definition) is 0. The Labute approximate surface area is 147 Å². The standard InChI is InChI=1S/C18H24N6O/c1-22(2)16-9-10-19-18(20-16)23-11-3-4-14(23)12-24-17(25)8-7-15(21-24)13-5-6-13/h7-10,13-14H,3-6,11-12H2,1-2H3. The lowest BCUT2D eigenvalue weighted by Gasteiger charge is -2.25. The Bertz CT molecular complexity index is 813. The van der Waals surface area contributed by atoms with Crippen LogP contribution in [0, 0.1) is 0 Å². The summed E-state index contributed by atoms with van der Waals surface area (Å²) in [6, 6.07) is 5.65. The van der Waals surface area contributed by atoms with E-state index in [0.29, 0.717) is 12.5 Å². The Hall–Kier alpha value is -2.44. The summed E-state index contributed by atoms with van der Waals surface area (Å²) in [5, 5.41) is 4.60. The molecule has 1 aliphatic heterocycles. The second kappa shape index (κ2) is 6.46. The van der Waals surface area contributed by atoms with Crippen molar-refractivity contribution >= 4 is 11.8 Å². The number of anilines is 2. The first kappa shape index (κ1) is 16.1. The molecule has 0 amide bonds. The lowest BCUT2D eigenvalue weighted by molar-refractivity contribution is 0.479. The Morgan fingerprint density at radius 2 is 2.04 bits per heavy atom. The van der Waals surface area contributed by atoms with Gasteiger partial charge >= 0.3 is 0 Å². The summed E-state index contributed by atoms with van der Waals surface area (Å²) in [4.78, 5) is 25.5. The first-order chi connectivity index (χ1) is 12.1. The Balaban J connectivity index is 1.57. The zero-order chi connectivity index (χ0) is 17.4. The first-order valence-corrected chi connectivity index (χ1v) is 8.97. The van der Waals surface area contributed by atoms with E-state index >= 15 is 0 Å². The van der Waals surface area contributed by atoms with Crippen LogP contribution in [0.1, 0.15) is 37.3 Å². The lowest BCUT2D eigenvalue weighted by atomic mass is 10.2. The molecule has 2 aromatic heterocycles. The molecule has 25 heavy (non-hydrogen) atoms. The van der Waals surface area contributed by atoms with Crippen molar-refractivity contribution < 1.29 is 0 Å². The van der Waals surface area contributed by atoms with Gasteiger partial charge in [0.25, 0.3) is 5.56 Å². The highest BCUT2D eigenvalue weighted by molar-refractivity contribution is 5.43. The van der Waals surface area contributed by atoms with Gasteiger partial charge in [-0.25, -0.2) is 9.67 Å². The summed E-state index contributed by atoms with van der Waals surface area (Å²) < 4.78 is 1.63. The van der Waals surface area contributed by atoms with Crippen molar-refractivity contribution in [2.75, 3.05) is 30.4 Å². The van der Waals surface area contributed by atoms with E-state index in [4.69, 9.17) is 0 Å². The van der Waals surface area contributed by atoms with Crippen molar-refractivity contribution in [1.29, 1.82) is 0 Å². The number of nitrogens with zero attached hydrogens (tertiary/aromatic N) is 6. The van der Waals surface area contributed by atoms with Gasteiger partial charge in [-0.2, -0.15) is 10.1 Å². The normalized spacial score (nSPS) is 20.1. The van der Waals surface area contributed by atoms with Gasteiger partial charge in [0.2, 0.25) is 5.95 Å². The van der Waals surface area contributed by atoms with Gasteiger partial charge < -0.3 is 9.80 Å². The molecule has 1 atom stereocenters. The van der Waals surface area contributed by atoms with E-state index in [0.717, 1.165) is 36.8 Å². The van der Waals surface area contributed by atoms with Gasteiger partial charge in [-0.15, -0.1) is 0 Å². The maximum atomic E-state index is 12.2. The van der Waals surface area contributed by atoms with Gasteiger partial charge in [0.05, 0.1) is 18.3 Å². The van der Waals surface area contributed by atoms with E-state index in [1.165, 1.54) is 12.8 Å². The van der Waals surface area contributed by atoms with Crippen LogP contribution in [0.25, 0.3) is 0 Å². The molecule has 0 aromatic carbocycles. The highest BCUT2D eigenvalue weighted by atomic mass is 16.1. The third-order valence-corrected chi connectivity index (χ3v) is 4.99. The Morgan fingerprint density at radius 1 is 1.20 bits per heavy atom. The lowest BCUT2D eigenvalue weighted by Crippen LogP contribution is -2.38. The van der Waals surface area contributed by atoms with Gasteiger partial charge in [0, 0.05) is 38.8 Å². The summed E-state index contributed by atoms with van der Waals surface area (Å²) in [5.41, 5.74) is 1.02. The highest BCUT2D eigenvalue weighted by Gasteiger charge is 2.29. The SMILES string of the molecule is CN(C)c1ccnc(N2CCCC2Cn2nc(C3CC3)ccc2=O)n1. The minimum Gasteiger partial charge on any atom is -0.363 e. The third kappa shape index (κ3) is 3.36. The fourth-order valence-corrected chi connectivity index (χ4v) is 3.41. The van der Waals surface area contributed by atoms with E-state index in [1.54, 1.807) is 16.9 Å². The zero-order valence-corrected chi connectivity index (χ0v) is 14.8. The third-order valence-electron chi connectivity index (χ3n) is 4.99. The molecule has 0 N–H and O–H groups in total. The fraction of sp³-hybridized carbons (Fsp3) is 0.556. The van der Waals surface area contributed by atoms with Crippen molar-refractivity contribution in [3.05, 3.63) is 40.4 Å². The molecule has 0 radical (unpaired) electrons. The molecular weight excluding hydrogens is 316 g/mol. The van der Waals surface area contributed by atoms with E-state index in [1.807, 2.05) is 31.1 Å². The summed E-state index contributed by atoms with van der Waals surface area (Å²) in [7, 11) is 3.95. The number of rotatable bonds is 5. The molecule has 2 aliphatic rings. The average molecular weight is 340 g/mol. The van der Waals surface area contributed by atoms with Gasteiger partial charge in [-0.05, 0) is 37.8 Å². The molecular formula is C18H24N6O. The number of hydrogen-bond acceptors (Lipinski definition) is 6. The largest absolute Gasteiger partial charge is 0.363 e. The zero-order valence-electron chi connectivity index (χ0n) is 14.8. The van der Waals surface area contributed by atoms with Gasteiger partial charge in [0.15, 0.2) is 0 Å². The summed E-state index contributed by atoms with van der Waals surface area (Å²) in [6.07, 6.45) is 6.28. The molecule has 4 rings (SSSR count). The molecule has 1 aliphatic carbocycles. The molecule has 1 unspecified atom stereocenters. The molecule has 0 bridgehead atoms. The minimum atomic E-state index is -0.0285. The minimum absolute atomic E-state index is 0.0285. The van der Waals surface area contributed by atoms with Crippen molar-refractivity contribution in [3.8, 4) is 0 Å². The van der Waals surface area contributed by atoms with Crippen LogP contribution in [0.4, 0.5) is 11.8 Å². The molecule has 2 aromatic rings. The van der Waals surface area contributed by atoms with Crippen molar-refractivity contribution in [2.24, 2.45) is 0 Å². The monoisotopic (exact) mass is 340 g/mol. The molecule has 0 spiro atoms. The van der Waals surface area contributed by atoms with Crippen LogP contribution in [0.15, 0.2) is 29.2 Å². The summed E-state index contributed by atoms with van der Waals surface area (Å²) >= 11 is 0. The maximum absolute atomic E-state index is 12.2. The van der Waals surface area contributed by atoms with Crippen molar-refractivity contribution in [1.82, 2.24) is 19.7 Å². The molecule has 1 saturated carbocycles. The molecule has 132 valence electrons. The molecule has 3 heterocycles. The van der Waals surface area contributed by atoms with Crippen molar-refractivity contribution in [3.63, 3.8) is 0 Å². The second-order valence-electron chi connectivity index (χ2n) is 7.15. The van der Waals surface area contributed by atoms with E-state index in [9.17, 15) is 4.79 Å². The topological polar surface area (TPSA) is 67.2 Å². The molecule has 7 nitrogen and oxygen atoms in total. The van der Waals surface area contributed by atoms with Crippen LogP contribution in [0.3, 0.4) is 0 Å². The molecule has 1 saturated heterocycles. The van der Waals surface area contributed by atoms with Crippen LogP contribution in [0.5, 0.6) is 0 Å². The van der Waals surface area contributed by atoms with Gasteiger partial charge in [-0.3, -0.25) is 4.79 Å². The predicted molar refractivity (Wildman–Crippen MR) is 97.2 cm³/mol.